The van der Waals surface area contributed by atoms with Crippen LogP contribution >= 0.6 is 0 Å². The molecular formula is C23H25N3O4. The Morgan fingerprint density at radius 2 is 1.97 bits per heavy atom. The number of fused-ring (bicyclic) bond motifs is 1. The average Bonchev–Trinajstić information content (AvgIpc) is 2.73. The molecule has 0 saturated carbocycles. The van der Waals surface area contributed by atoms with E-state index in [2.05, 4.69) is 17.2 Å². The van der Waals surface area contributed by atoms with Crippen LogP contribution in [0.25, 0.3) is 10.9 Å². The number of nitrogens with zero attached hydrogens (tertiary/aromatic N) is 1. The molecule has 2 aromatic carbocycles. The second kappa shape index (κ2) is 8.82. The molecule has 0 radical (unpaired) electrons. The van der Waals surface area contributed by atoms with Crippen LogP contribution in [0.5, 0.6) is 5.75 Å². The van der Waals surface area contributed by atoms with Gasteiger partial charge in [-0.25, -0.2) is 0 Å². The molecule has 0 bridgehead atoms. The summed E-state index contributed by atoms with van der Waals surface area (Å²) in [6.45, 7) is 3.69. The van der Waals surface area contributed by atoms with E-state index in [0.29, 0.717) is 22.3 Å². The quantitative estimate of drug-likeness (QED) is 0.521. The molecule has 3 rings (SSSR count). The van der Waals surface area contributed by atoms with E-state index in [9.17, 15) is 14.7 Å². The third-order valence-electron chi connectivity index (χ3n) is 5.14. The molecule has 0 aliphatic carbocycles. The Hall–Kier alpha value is -3.61. The first-order valence-electron chi connectivity index (χ1n) is 9.72. The number of primary amides is 1. The zero-order chi connectivity index (χ0) is 21.8. The summed E-state index contributed by atoms with van der Waals surface area (Å²) >= 11 is 0. The van der Waals surface area contributed by atoms with Gasteiger partial charge < -0.3 is 20.9 Å². The van der Waals surface area contributed by atoms with E-state index in [1.807, 2.05) is 30.3 Å². The highest BCUT2D eigenvalue weighted by Gasteiger charge is 2.19. The smallest absolute Gasteiger partial charge is 0.306 e. The van der Waals surface area contributed by atoms with E-state index in [4.69, 9.17) is 10.5 Å². The van der Waals surface area contributed by atoms with E-state index in [1.54, 1.807) is 13.0 Å². The third kappa shape index (κ3) is 4.20. The van der Waals surface area contributed by atoms with Crippen molar-refractivity contribution >= 4 is 34.2 Å². The average molecular weight is 407 g/mol. The van der Waals surface area contributed by atoms with Crippen LogP contribution in [0.4, 0.5) is 11.4 Å². The normalized spacial score (nSPS) is 11.8. The molecule has 3 aromatic rings. The summed E-state index contributed by atoms with van der Waals surface area (Å²) in [6, 6.07) is 11.4. The second-order valence-corrected chi connectivity index (χ2v) is 7.17. The molecule has 1 atom stereocenters. The summed E-state index contributed by atoms with van der Waals surface area (Å²) in [4.78, 5) is 27.9. The maximum Gasteiger partial charge on any atom is 0.306 e. The lowest BCUT2D eigenvalue weighted by Crippen LogP contribution is -2.15. The van der Waals surface area contributed by atoms with Crippen LogP contribution < -0.4 is 15.8 Å². The number of hydrogen-bond acceptors (Lipinski definition) is 5. The number of anilines is 2. The molecule has 0 spiro atoms. The topological polar surface area (TPSA) is 115 Å². The molecule has 0 saturated heterocycles. The number of rotatable bonds is 8. The predicted octanol–water partition coefficient (Wildman–Crippen LogP) is 3.91. The van der Waals surface area contributed by atoms with Crippen LogP contribution in [0.1, 0.15) is 35.3 Å². The lowest BCUT2D eigenvalue weighted by Gasteiger charge is -2.18. The van der Waals surface area contributed by atoms with Gasteiger partial charge >= 0.3 is 5.97 Å². The number of carbonyl (C=O) groups excluding carboxylic acids is 1. The fraction of sp³-hybridized carbons (Fsp3) is 0.261. The number of amides is 1. The van der Waals surface area contributed by atoms with Crippen LogP contribution in [-0.2, 0) is 17.6 Å². The van der Waals surface area contributed by atoms with Gasteiger partial charge in [0.1, 0.15) is 5.75 Å². The van der Waals surface area contributed by atoms with Gasteiger partial charge in [0.15, 0.2) is 0 Å². The molecule has 1 unspecified atom stereocenters. The van der Waals surface area contributed by atoms with Crippen molar-refractivity contribution in [1.82, 2.24) is 4.98 Å². The number of ether oxygens (including phenoxy) is 1. The van der Waals surface area contributed by atoms with Crippen LogP contribution in [0.2, 0.25) is 0 Å². The number of aliphatic carboxylic acids is 1. The second-order valence-electron chi connectivity index (χ2n) is 7.17. The van der Waals surface area contributed by atoms with Gasteiger partial charge in [-0.3, -0.25) is 14.6 Å². The highest BCUT2D eigenvalue weighted by molar-refractivity contribution is 6.08. The Balaban J connectivity index is 2.22. The van der Waals surface area contributed by atoms with Crippen LogP contribution in [-0.4, -0.2) is 29.1 Å². The Morgan fingerprint density at radius 1 is 1.23 bits per heavy atom. The number of nitrogens with two attached hydrogens (primary N) is 1. The van der Waals surface area contributed by atoms with E-state index in [-0.39, 0.29) is 12.0 Å². The molecule has 0 aliphatic heterocycles. The van der Waals surface area contributed by atoms with Gasteiger partial charge in [0, 0.05) is 23.3 Å². The van der Waals surface area contributed by atoms with E-state index >= 15 is 0 Å². The van der Waals surface area contributed by atoms with Gasteiger partial charge in [-0.15, -0.1) is 0 Å². The minimum atomic E-state index is -0.892. The number of para-hydroxylation sites is 1. The minimum absolute atomic E-state index is 0.260. The largest absolute Gasteiger partial charge is 0.496 e. The first kappa shape index (κ1) is 21.1. The molecule has 0 fully saturated rings. The van der Waals surface area contributed by atoms with E-state index in [1.165, 1.54) is 13.3 Å². The van der Waals surface area contributed by atoms with Crippen molar-refractivity contribution in [3.05, 3.63) is 59.3 Å². The number of carboxylic acid groups (broad SMARTS) is 1. The highest BCUT2D eigenvalue weighted by atomic mass is 16.5. The molecule has 156 valence electrons. The number of nitrogens with one attached hydrogen (secondary N) is 1. The maximum absolute atomic E-state index is 12.1. The number of carbonyl (C=O) groups is 2. The summed E-state index contributed by atoms with van der Waals surface area (Å²) in [5.74, 6) is -1.54. The lowest BCUT2D eigenvalue weighted by molar-refractivity contribution is -0.141. The molecule has 0 aliphatic rings. The Morgan fingerprint density at radius 3 is 2.60 bits per heavy atom. The zero-order valence-electron chi connectivity index (χ0n) is 17.2. The van der Waals surface area contributed by atoms with Crippen LogP contribution in [0, 0.1) is 5.92 Å². The fourth-order valence-electron chi connectivity index (χ4n) is 3.44. The van der Waals surface area contributed by atoms with Crippen molar-refractivity contribution in [2.45, 2.75) is 26.7 Å². The van der Waals surface area contributed by atoms with Crippen molar-refractivity contribution in [2.75, 3.05) is 12.4 Å². The number of carboxylic acids is 1. The molecule has 1 aromatic heterocycles. The van der Waals surface area contributed by atoms with Gasteiger partial charge in [0.05, 0.1) is 29.8 Å². The van der Waals surface area contributed by atoms with Gasteiger partial charge in [-0.05, 0) is 36.1 Å². The monoisotopic (exact) mass is 407 g/mol. The minimum Gasteiger partial charge on any atom is -0.496 e. The first-order valence-corrected chi connectivity index (χ1v) is 9.72. The number of aromatic nitrogens is 1. The Labute approximate surface area is 174 Å². The van der Waals surface area contributed by atoms with Crippen LogP contribution in [0.15, 0.2) is 42.6 Å². The standard InChI is InChI=1S/C23H25N3O4/c1-4-14-7-5-6-8-18(14)26-21-16-10-15(9-13(2)23(28)29)20(30-3)11-19(16)25-12-17(21)22(24)27/h5-8,10-13H,4,9H2,1-3H3,(H2,24,27)(H,25,26)(H,28,29). The summed E-state index contributed by atoms with van der Waals surface area (Å²) in [6.07, 6.45) is 2.54. The molecule has 1 amide bonds. The summed E-state index contributed by atoms with van der Waals surface area (Å²) < 4.78 is 5.46. The van der Waals surface area contributed by atoms with Gasteiger partial charge in [-0.1, -0.05) is 32.0 Å². The lowest BCUT2D eigenvalue weighted by atomic mass is 9.97. The summed E-state index contributed by atoms with van der Waals surface area (Å²) in [5, 5.41) is 13.3. The SMILES string of the molecule is CCc1ccccc1Nc1c(C(N)=O)cnc2cc(OC)c(CC(C)C(=O)O)cc12. The van der Waals surface area contributed by atoms with Crippen molar-refractivity contribution in [3.63, 3.8) is 0 Å². The molecular weight excluding hydrogens is 382 g/mol. The molecule has 30 heavy (non-hydrogen) atoms. The molecule has 7 nitrogen and oxygen atoms in total. The number of hydrogen-bond donors (Lipinski definition) is 3. The third-order valence-corrected chi connectivity index (χ3v) is 5.14. The number of methoxy groups -OCH3 is 1. The Kier molecular flexibility index (Phi) is 6.20. The summed E-state index contributed by atoms with van der Waals surface area (Å²) in [5.41, 5.74) is 9.71. The number of aryl methyl sites for hydroxylation is 1. The number of benzene rings is 2. The zero-order valence-corrected chi connectivity index (χ0v) is 17.2. The number of pyridine rings is 1. The van der Waals surface area contributed by atoms with Crippen LogP contribution in [0.3, 0.4) is 0 Å². The van der Waals surface area contributed by atoms with Crippen molar-refractivity contribution in [3.8, 4) is 5.75 Å². The predicted molar refractivity (Wildman–Crippen MR) is 116 cm³/mol. The Bertz CT molecular complexity index is 1110. The molecule has 1 heterocycles. The van der Waals surface area contributed by atoms with Gasteiger partial charge in [0.2, 0.25) is 0 Å². The van der Waals surface area contributed by atoms with Gasteiger partial charge in [0.25, 0.3) is 5.91 Å². The molecule has 4 N–H and O–H groups in total. The fourth-order valence-corrected chi connectivity index (χ4v) is 3.44. The van der Waals surface area contributed by atoms with Crippen molar-refractivity contribution < 1.29 is 19.4 Å². The van der Waals surface area contributed by atoms with Gasteiger partial charge in [-0.2, -0.15) is 0 Å². The van der Waals surface area contributed by atoms with Crippen molar-refractivity contribution in [2.24, 2.45) is 11.7 Å². The first-order chi connectivity index (χ1) is 14.3. The van der Waals surface area contributed by atoms with E-state index in [0.717, 1.165) is 23.2 Å². The highest BCUT2D eigenvalue weighted by Crippen LogP contribution is 2.35. The van der Waals surface area contributed by atoms with E-state index < -0.39 is 17.8 Å². The summed E-state index contributed by atoms with van der Waals surface area (Å²) in [7, 11) is 1.53. The molecule has 7 heteroatoms. The maximum atomic E-state index is 12.1. The van der Waals surface area contributed by atoms with Crippen molar-refractivity contribution in [1.29, 1.82) is 0 Å².